The molecule has 0 atom stereocenters. The van der Waals surface area contributed by atoms with Crippen LogP contribution in [-0.4, -0.2) is 33.3 Å². The van der Waals surface area contributed by atoms with Crippen molar-refractivity contribution in [3.05, 3.63) is 59.7 Å². The lowest BCUT2D eigenvalue weighted by molar-refractivity contribution is 0.0900. The highest BCUT2D eigenvalue weighted by Crippen LogP contribution is 2.22. The van der Waals surface area contributed by atoms with Crippen molar-refractivity contribution in [2.24, 2.45) is 0 Å². The molecule has 5 nitrogen and oxygen atoms in total. The zero-order valence-corrected chi connectivity index (χ0v) is 13.4. The van der Waals surface area contributed by atoms with Crippen molar-refractivity contribution in [2.45, 2.75) is 6.61 Å². The summed E-state index contributed by atoms with van der Waals surface area (Å²) in [5.41, 5.74) is 1.60. The fraction of sp³-hybridized carbons (Fsp3) is 0.278. The van der Waals surface area contributed by atoms with E-state index in [1.54, 1.807) is 32.4 Å². The number of carbonyl (C=O) groups is 1. The predicted octanol–water partition coefficient (Wildman–Crippen LogP) is 2.65. The Labute approximate surface area is 136 Å². The van der Waals surface area contributed by atoms with E-state index in [1.807, 2.05) is 30.3 Å². The maximum absolute atomic E-state index is 12.1. The predicted molar refractivity (Wildman–Crippen MR) is 88.0 cm³/mol. The van der Waals surface area contributed by atoms with Crippen LogP contribution in [0.1, 0.15) is 15.9 Å². The molecule has 2 rings (SSSR count). The van der Waals surface area contributed by atoms with Crippen molar-refractivity contribution in [1.29, 1.82) is 0 Å². The Morgan fingerprint density at radius 2 is 1.65 bits per heavy atom. The summed E-state index contributed by atoms with van der Waals surface area (Å²) in [6, 6.07) is 15.0. The van der Waals surface area contributed by atoms with Gasteiger partial charge in [0.1, 0.15) is 11.5 Å². The number of nitrogens with one attached hydrogen (secondary N) is 1. The van der Waals surface area contributed by atoms with Crippen LogP contribution in [-0.2, 0) is 11.3 Å². The second-order valence-corrected chi connectivity index (χ2v) is 4.90. The Hall–Kier alpha value is -2.53. The van der Waals surface area contributed by atoms with E-state index in [0.717, 1.165) is 5.56 Å². The van der Waals surface area contributed by atoms with Crippen LogP contribution in [0.5, 0.6) is 11.5 Å². The number of amides is 1. The molecule has 1 N–H and O–H groups in total. The highest BCUT2D eigenvalue weighted by atomic mass is 16.5. The highest BCUT2D eigenvalue weighted by Gasteiger charge is 2.09. The summed E-state index contributed by atoms with van der Waals surface area (Å²) in [6.45, 7) is 1.41. The van der Waals surface area contributed by atoms with Crippen LogP contribution < -0.4 is 14.8 Å². The Bertz CT molecular complexity index is 606. The summed E-state index contributed by atoms with van der Waals surface area (Å²) in [5, 5.41) is 2.81. The molecule has 0 saturated heterocycles. The molecular formula is C18H21NO4. The van der Waals surface area contributed by atoms with Crippen molar-refractivity contribution < 1.29 is 19.0 Å². The second kappa shape index (κ2) is 8.80. The average Bonchev–Trinajstić information content (AvgIpc) is 2.61. The van der Waals surface area contributed by atoms with E-state index in [-0.39, 0.29) is 5.91 Å². The van der Waals surface area contributed by atoms with Gasteiger partial charge < -0.3 is 19.5 Å². The monoisotopic (exact) mass is 315 g/mol. The Balaban J connectivity index is 1.78. The van der Waals surface area contributed by atoms with Gasteiger partial charge in [-0.1, -0.05) is 30.3 Å². The number of ether oxygens (including phenoxy) is 3. The van der Waals surface area contributed by atoms with E-state index in [4.69, 9.17) is 14.2 Å². The van der Waals surface area contributed by atoms with Crippen LogP contribution in [0.2, 0.25) is 0 Å². The molecule has 23 heavy (non-hydrogen) atoms. The molecule has 0 unspecified atom stereocenters. The zero-order chi connectivity index (χ0) is 16.5. The lowest BCUT2D eigenvalue weighted by atomic mass is 10.2. The Morgan fingerprint density at radius 1 is 1.00 bits per heavy atom. The van der Waals surface area contributed by atoms with Gasteiger partial charge in [-0.05, 0) is 17.7 Å². The van der Waals surface area contributed by atoms with Crippen molar-refractivity contribution in [3.8, 4) is 11.5 Å². The molecule has 122 valence electrons. The second-order valence-electron chi connectivity index (χ2n) is 4.90. The van der Waals surface area contributed by atoms with Crippen LogP contribution >= 0.6 is 0 Å². The van der Waals surface area contributed by atoms with Gasteiger partial charge in [0, 0.05) is 18.2 Å². The van der Waals surface area contributed by atoms with Crippen molar-refractivity contribution >= 4 is 5.91 Å². The first kappa shape index (κ1) is 16.8. The first-order valence-electron chi connectivity index (χ1n) is 7.36. The van der Waals surface area contributed by atoms with Gasteiger partial charge in [-0.25, -0.2) is 0 Å². The molecule has 0 aliphatic heterocycles. The first-order chi connectivity index (χ1) is 11.2. The number of hydrogen-bond acceptors (Lipinski definition) is 4. The summed E-state index contributed by atoms with van der Waals surface area (Å²) in [4.78, 5) is 12.1. The molecule has 0 aromatic heterocycles. The maximum Gasteiger partial charge on any atom is 0.251 e. The SMILES string of the molecule is COc1cc(OC)cc(C(=O)NCCOCc2ccccc2)c1. The molecule has 5 heteroatoms. The number of benzene rings is 2. The van der Waals surface area contributed by atoms with Gasteiger partial charge in [0.05, 0.1) is 27.4 Å². The highest BCUT2D eigenvalue weighted by molar-refractivity contribution is 5.95. The largest absolute Gasteiger partial charge is 0.497 e. The maximum atomic E-state index is 12.1. The van der Waals surface area contributed by atoms with Gasteiger partial charge in [-0.15, -0.1) is 0 Å². The van der Waals surface area contributed by atoms with Gasteiger partial charge in [-0.2, -0.15) is 0 Å². The molecule has 2 aromatic carbocycles. The lowest BCUT2D eigenvalue weighted by Gasteiger charge is -2.09. The number of methoxy groups -OCH3 is 2. The number of carbonyl (C=O) groups excluding carboxylic acids is 1. The van der Waals surface area contributed by atoms with Gasteiger partial charge in [0.2, 0.25) is 0 Å². The molecule has 0 saturated carbocycles. The van der Waals surface area contributed by atoms with Gasteiger partial charge in [0.15, 0.2) is 0 Å². The summed E-state index contributed by atoms with van der Waals surface area (Å²) in [5.74, 6) is 0.968. The fourth-order valence-electron chi connectivity index (χ4n) is 2.04. The first-order valence-corrected chi connectivity index (χ1v) is 7.36. The van der Waals surface area contributed by atoms with E-state index >= 15 is 0 Å². The van der Waals surface area contributed by atoms with E-state index in [9.17, 15) is 4.79 Å². The molecule has 0 radical (unpaired) electrons. The Kier molecular flexibility index (Phi) is 6.44. The Morgan fingerprint density at radius 3 is 2.26 bits per heavy atom. The topological polar surface area (TPSA) is 56.8 Å². The van der Waals surface area contributed by atoms with Gasteiger partial charge in [0.25, 0.3) is 5.91 Å². The van der Waals surface area contributed by atoms with E-state index in [2.05, 4.69) is 5.32 Å². The van der Waals surface area contributed by atoms with Gasteiger partial charge >= 0.3 is 0 Å². The summed E-state index contributed by atoms with van der Waals surface area (Å²) in [7, 11) is 3.10. The zero-order valence-electron chi connectivity index (χ0n) is 13.4. The number of hydrogen-bond donors (Lipinski definition) is 1. The molecule has 0 aliphatic rings. The summed E-state index contributed by atoms with van der Waals surface area (Å²) in [6.07, 6.45) is 0. The average molecular weight is 315 g/mol. The lowest BCUT2D eigenvalue weighted by Crippen LogP contribution is -2.27. The third-order valence-corrected chi connectivity index (χ3v) is 3.26. The smallest absolute Gasteiger partial charge is 0.251 e. The quantitative estimate of drug-likeness (QED) is 0.761. The molecular weight excluding hydrogens is 294 g/mol. The van der Waals surface area contributed by atoms with Gasteiger partial charge in [-0.3, -0.25) is 4.79 Å². The third kappa shape index (κ3) is 5.30. The van der Waals surface area contributed by atoms with Crippen LogP contribution in [0.15, 0.2) is 48.5 Å². The molecule has 0 heterocycles. The fourth-order valence-corrected chi connectivity index (χ4v) is 2.04. The minimum absolute atomic E-state index is 0.189. The molecule has 0 fully saturated rings. The minimum Gasteiger partial charge on any atom is -0.497 e. The third-order valence-electron chi connectivity index (χ3n) is 3.26. The van der Waals surface area contributed by atoms with Crippen LogP contribution in [0, 0.1) is 0 Å². The van der Waals surface area contributed by atoms with E-state index < -0.39 is 0 Å². The summed E-state index contributed by atoms with van der Waals surface area (Å²) < 4.78 is 15.8. The molecule has 0 aliphatic carbocycles. The number of rotatable bonds is 8. The molecule has 0 bridgehead atoms. The molecule has 1 amide bonds. The molecule has 0 spiro atoms. The van der Waals surface area contributed by atoms with Crippen LogP contribution in [0.3, 0.4) is 0 Å². The van der Waals surface area contributed by atoms with Crippen molar-refractivity contribution in [3.63, 3.8) is 0 Å². The van der Waals surface area contributed by atoms with Crippen molar-refractivity contribution in [1.82, 2.24) is 5.32 Å². The summed E-state index contributed by atoms with van der Waals surface area (Å²) >= 11 is 0. The van der Waals surface area contributed by atoms with Crippen LogP contribution in [0.25, 0.3) is 0 Å². The normalized spacial score (nSPS) is 10.2. The molecule has 2 aromatic rings. The standard InChI is InChI=1S/C18H21NO4/c1-21-16-10-15(11-17(12-16)22-2)18(20)19-8-9-23-13-14-6-4-3-5-7-14/h3-7,10-12H,8-9,13H2,1-2H3,(H,19,20). The van der Waals surface area contributed by atoms with Crippen LogP contribution in [0.4, 0.5) is 0 Å². The van der Waals surface area contributed by atoms with E-state index in [0.29, 0.717) is 36.8 Å². The van der Waals surface area contributed by atoms with Crippen molar-refractivity contribution in [2.75, 3.05) is 27.4 Å². The van der Waals surface area contributed by atoms with E-state index in [1.165, 1.54) is 0 Å². The minimum atomic E-state index is -0.189.